The highest BCUT2D eigenvalue weighted by molar-refractivity contribution is 5.81. The first-order valence-corrected chi connectivity index (χ1v) is 4.05. The molecule has 5 heteroatoms. The number of ketones is 1. The van der Waals surface area contributed by atoms with E-state index >= 15 is 0 Å². The fourth-order valence-corrected chi connectivity index (χ4v) is 0.940. The van der Waals surface area contributed by atoms with Gasteiger partial charge in [0.25, 0.3) is 0 Å². The number of carbonyl (C=O) groups excluding carboxylic acids is 2. The van der Waals surface area contributed by atoms with Crippen LogP contribution in [-0.4, -0.2) is 35.1 Å². The van der Waals surface area contributed by atoms with E-state index in [2.05, 4.69) is 5.73 Å². The Morgan fingerprint density at radius 3 is 2.08 bits per heavy atom. The van der Waals surface area contributed by atoms with Crippen molar-refractivity contribution in [2.45, 2.75) is 39.0 Å². The van der Waals surface area contributed by atoms with Crippen molar-refractivity contribution in [3.8, 4) is 0 Å². The largest absolute Gasteiger partial charge is 0.453 e. The topological polar surface area (TPSA) is 91.2 Å². The van der Waals surface area contributed by atoms with Crippen molar-refractivity contribution in [3.63, 3.8) is 0 Å². The Balaban J connectivity index is 4.41. The summed E-state index contributed by atoms with van der Waals surface area (Å²) in [5.41, 5.74) is 3.53. The molecule has 76 valence electrons. The van der Waals surface area contributed by atoms with Crippen LogP contribution in [0.1, 0.15) is 20.8 Å². The van der Waals surface area contributed by atoms with Gasteiger partial charge >= 0.3 is 5.97 Å². The van der Waals surface area contributed by atoms with Crippen LogP contribution in [-0.2, 0) is 14.3 Å². The maximum Gasteiger partial charge on any atom is 0.303 e. The highest BCUT2D eigenvalue weighted by atomic mass is 16.6. The molecule has 0 bridgehead atoms. The molecule has 4 N–H and O–H groups in total. The smallest absolute Gasteiger partial charge is 0.303 e. The molecule has 13 heavy (non-hydrogen) atoms. The average Bonchev–Trinajstić information content (AvgIpc) is 1.97. The monoisotopic (exact) mass is 190 g/mol. The van der Waals surface area contributed by atoms with Gasteiger partial charge in [0.2, 0.25) is 0 Å². The Morgan fingerprint density at radius 1 is 1.38 bits per heavy atom. The number of aliphatic hydroxyl groups excluding tert-OH is 1. The van der Waals surface area contributed by atoms with Gasteiger partial charge in [-0.2, -0.15) is 0 Å². The van der Waals surface area contributed by atoms with E-state index in [9.17, 15) is 14.7 Å². The van der Waals surface area contributed by atoms with E-state index in [-0.39, 0.29) is 5.78 Å². The molecule has 0 aromatic carbocycles. The summed E-state index contributed by atoms with van der Waals surface area (Å²) in [7, 11) is 0. The Kier molecular flexibility index (Phi) is 4.58. The maximum absolute atomic E-state index is 10.9. The number of esters is 1. The van der Waals surface area contributed by atoms with Gasteiger partial charge in [0, 0.05) is 13.8 Å². The van der Waals surface area contributed by atoms with Crippen molar-refractivity contribution in [3.05, 3.63) is 0 Å². The SMILES string of the molecule is CC(=O)OC(C(C)O)C([NH3+])C(C)=O. The number of hydrogen-bond donors (Lipinski definition) is 2. The fourth-order valence-electron chi connectivity index (χ4n) is 0.940. The highest BCUT2D eigenvalue weighted by Crippen LogP contribution is 2.03. The number of quaternary nitrogens is 1. The number of Topliss-reactive ketones (excluding diaryl/α,β-unsaturated/α-hetero) is 1. The first kappa shape index (κ1) is 12.1. The van der Waals surface area contributed by atoms with E-state index < -0.39 is 24.2 Å². The van der Waals surface area contributed by atoms with Crippen LogP contribution in [0.2, 0.25) is 0 Å². The van der Waals surface area contributed by atoms with Gasteiger partial charge in [0.1, 0.15) is 0 Å². The van der Waals surface area contributed by atoms with Crippen molar-refractivity contribution >= 4 is 11.8 Å². The van der Waals surface area contributed by atoms with Crippen molar-refractivity contribution in [1.82, 2.24) is 0 Å². The second kappa shape index (κ2) is 4.94. The first-order valence-electron chi connectivity index (χ1n) is 4.05. The molecular formula is C8H16NO4+. The summed E-state index contributed by atoms with van der Waals surface area (Å²) < 4.78 is 4.76. The lowest BCUT2D eigenvalue weighted by Gasteiger charge is -2.21. The molecule has 0 saturated carbocycles. The molecule has 0 heterocycles. The predicted molar refractivity (Wildman–Crippen MR) is 44.6 cm³/mol. The molecule has 0 aliphatic heterocycles. The minimum Gasteiger partial charge on any atom is -0.453 e. The van der Waals surface area contributed by atoms with Crippen molar-refractivity contribution in [2.75, 3.05) is 0 Å². The Morgan fingerprint density at radius 2 is 1.85 bits per heavy atom. The van der Waals surface area contributed by atoms with Gasteiger partial charge in [-0.15, -0.1) is 0 Å². The first-order chi connectivity index (χ1) is 5.86. The van der Waals surface area contributed by atoms with Gasteiger partial charge in [0.15, 0.2) is 17.9 Å². The van der Waals surface area contributed by atoms with Gasteiger partial charge in [-0.05, 0) is 6.92 Å². The Bertz CT molecular complexity index is 202. The minimum atomic E-state index is -0.893. The third-order valence-electron chi connectivity index (χ3n) is 1.70. The normalized spacial score (nSPS) is 17.3. The summed E-state index contributed by atoms with van der Waals surface area (Å²) in [6, 6.07) is -0.719. The van der Waals surface area contributed by atoms with E-state index in [1.807, 2.05) is 0 Å². The zero-order chi connectivity index (χ0) is 10.6. The molecule has 3 unspecified atom stereocenters. The zero-order valence-electron chi connectivity index (χ0n) is 8.11. The minimum absolute atomic E-state index is 0.216. The van der Waals surface area contributed by atoms with Crippen LogP contribution in [0, 0.1) is 0 Å². The Labute approximate surface area is 76.9 Å². The fraction of sp³-hybridized carbons (Fsp3) is 0.750. The molecule has 5 nitrogen and oxygen atoms in total. The number of rotatable bonds is 4. The second-order valence-electron chi connectivity index (χ2n) is 3.03. The summed E-state index contributed by atoms with van der Waals surface area (Å²) in [6.07, 6.45) is -1.75. The van der Waals surface area contributed by atoms with E-state index in [4.69, 9.17) is 4.74 Å². The molecule has 0 rings (SSSR count). The van der Waals surface area contributed by atoms with Crippen molar-refractivity contribution < 1.29 is 25.2 Å². The van der Waals surface area contributed by atoms with Crippen molar-refractivity contribution in [2.24, 2.45) is 0 Å². The van der Waals surface area contributed by atoms with Crippen LogP contribution in [0.4, 0.5) is 0 Å². The lowest BCUT2D eigenvalue weighted by atomic mass is 10.0. The molecule has 0 radical (unpaired) electrons. The number of carbonyl (C=O) groups is 2. The standard InChI is InChI=1S/C8H15NO4/c1-4(10)7(9)8(5(2)11)13-6(3)12/h5,7-8,11H,9H2,1-3H3/p+1. The summed E-state index contributed by atoms with van der Waals surface area (Å²) >= 11 is 0. The van der Waals surface area contributed by atoms with E-state index in [1.165, 1.54) is 20.8 Å². The molecular weight excluding hydrogens is 174 g/mol. The molecule has 0 fully saturated rings. The zero-order valence-corrected chi connectivity index (χ0v) is 8.11. The number of hydrogen-bond acceptors (Lipinski definition) is 4. The molecule has 0 saturated heterocycles. The average molecular weight is 190 g/mol. The third-order valence-corrected chi connectivity index (χ3v) is 1.70. The summed E-state index contributed by atoms with van der Waals surface area (Å²) in [6.45, 7) is 4.02. The van der Waals surface area contributed by atoms with Gasteiger partial charge in [0.05, 0.1) is 6.10 Å². The van der Waals surface area contributed by atoms with Crippen molar-refractivity contribution in [1.29, 1.82) is 0 Å². The molecule has 3 atom stereocenters. The van der Waals surface area contributed by atoms with Gasteiger partial charge in [-0.1, -0.05) is 0 Å². The van der Waals surface area contributed by atoms with Crippen LogP contribution in [0.5, 0.6) is 0 Å². The Hall–Kier alpha value is -0.940. The highest BCUT2D eigenvalue weighted by Gasteiger charge is 2.32. The number of ether oxygens (including phenoxy) is 1. The van der Waals surface area contributed by atoms with Crippen LogP contribution in [0.15, 0.2) is 0 Å². The van der Waals surface area contributed by atoms with Crippen LogP contribution in [0.3, 0.4) is 0 Å². The van der Waals surface area contributed by atoms with E-state index in [0.717, 1.165) is 0 Å². The van der Waals surface area contributed by atoms with Gasteiger partial charge in [-0.3, -0.25) is 9.59 Å². The van der Waals surface area contributed by atoms with Crippen LogP contribution in [0.25, 0.3) is 0 Å². The second-order valence-corrected chi connectivity index (χ2v) is 3.03. The summed E-state index contributed by atoms with van der Waals surface area (Å²) in [5, 5.41) is 9.21. The summed E-state index contributed by atoms with van der Waals surface area (Å²) in [4.78, 5) is 21.5. The quantitative estimate of drug-likeness (QED) is 0.528. The van der Waals surface area contributed by atoms with Gasteiger partial charge in [-0.25, -0.2) is 0 Å². The van der Waals surface area contributed by atoms with Crippen LogP contribution < -0.4 is 5.73 Å². The van der Waals surface area contributed by atoms with E-state index in [0.29, 0.717) is 0 Å². The lowest BCUT2D eigenvalue weighted by molar-refractivity contribution is -0.423. The molecule has 0 spiro atoms. The molecule has 0 amide bonds. The molecule has 0 aromatic rings. The number of aliphatic hydroxyl groups is 1. The van der Waals surface area contributed by atoms with E-state index in [1.54, 1.807) is 0 Å². The van der Waals surface area contributed by atoms with Crippen LogP contribution >= 0.6 is 0 Å². The molecule has 0 aliphatic carbocycles. The molecule has 0 aliphatic rings. The maximum atomic E-state index is 10.9. The summed E-state index contributed by atoms with van der Waals surface area (Å²) in [5.74, 6) is -0.743. The predicted octanol–water partition coefficient (Wildman–Crippen LogP) is -1.50. The molecule has 0 aromatic heterocycles. The lowest BCUT2D eigenvalue weighted by Crippen LogP contribution is -2.72. The third kappa shape index (κ3) is 4.00. The van der Waals surface area contributed by atoms with Gasteiger partial charge < -0.3 is 15.6 Å².